The molecule has 0 saturated heterocycles. The SMILES string of the molecule is Cc1[nH]c2ccccc2c1-c1cc(C(=O)O)c(O)cn1. The Labute approximate surface area is 114 Å². The van der Waals surface area contributed by atoms with Crippen molar-refractivity contribution in [2.24, 2.45) is 0 Å². The molecule has 5 nitrogen and oxygen atoms in total. The van der Waals surface area contributed by atoms with Crippen molar-refractivity contribution >= 4 is 16.9 Å². The fraction of sp³-hybridized carbons (Fsp3) is 0.0667. The lowest BCUT2D eigenvalue weighted by molar-refractivity contribution is 0.0693. The summed E-state index contributed by atoms with van der Waals surface area (Å²) in [6.07, 6.45) is 1.17. The van der Waals surface area contributed by atoms with Gasteiger partial charge < -0.3 is 15.2 Å². The average Bonchev–Trinajstić information content (AvgIpc) is 2.75. The molecule has 0 unspecified atom stereocenters. The first-order valence-corrected chi connectivity index (χ1v) is 6.08. The number of para-hydroxylation sites is 1. The van der Waals surface area contributed by atoms with Crippen molar-refractivity contribution in [3.05, 3.63) is 47.8 Å². The molecule has 100 valence electrons. The minimum atomic E-state index is -1.18. The van der Waals surface area contributed by atoms with Crippen molar-refractivity contribution in [1.29, 1.82) is 0 Å². The standard InChI is InChI=1S/C15H12N2O3/c1-8-14(9-4-2-3-5-11(9)17-8)12-6-10(15(19)20)13(18)7-16-12/h2-7,17-18H,1H3,(H,19,20). The molecule has 3 aromatic rings. The Balaban J connectivity index is 2.28. The molecule has 1 aromatic carbocycles. The number of hydrogen-bond donors (Lipinski definition) is 3. The van der Waals surface area contributed by atoms with E-state index in [9.17, 15) is 9.90 Å². The summed E-state index contributed by atoms with van der Waals surface area (Å²) in [6.45, 7) is 1.91. The summed E-state index contributed by atoms with van der Waals surface area (Å²) < 4.78 is 0. The number of aryl methyl sites for hydroxylation is 1. The predicted octanol–water partition coefficient (Wildman–Crippen LogP) is 2.94. The average molecular weight is 268 g/mol. The maximum atomic E-state index is 11.1. The summed E-state index contributed by atoms with van der Waals surface area (Å²) in [5.74, 6) is -1.51. The molecule has 3 rings (SSSR count). The number of nitrogens with zero attached hydrogens (tertiary/aromatic N) is 1. The van der Waals surface area contributed by atoms with Gasteiger partial charge in [-0.2, -0.15) is 0 Å². The van der Waals surface area contributed by atoms with Crippen molar-refractivity contribution in [3.8, 4) is 17.0 Å². The van der Waals surface area contributed by atoms with Gasteiger partial charge in [0.15, 0.2) is 0 Å². The first-order valence-electron chi connectivity index (χ1n) is 6.08. The van der Waals surface area contributed by atoms with E-state index < -0.39 is 5.97 Å². The molecule has 0 bridgehead atoms. The Kier molecular flexibility index (Phi) is 2.68. The molecule has 0 spiro atoms. The molecule has 0 atom stereocenters. The van der Waals surface area contributed by atoms with Crippen LogP contribution in [-0.4, -0.2) is 26.2 Å². The minimum absolute atomic E-state index is 0.153. The number of fused-ring (bicyclic) bond motifs is 1. The van der Waals surface area contributed by atoms with Gasteiger partial charge in [-0.1, -0.05) is 18.2 Å². The number of carbonyl (C=O) groups is 1. The van der Waals surface area contributed by atoms with Gasteiger partial charge in [0.05, 0.1) is 11.9 Å². The Morgan fingerprint density at radius 3 is 2.80 bits per heavy atom. The van der Waals surface area contributed by atoms with E-state index in [-0.39, 0.29) is 11.3 Å². The lowest BCUT2D eigenvalue weighted by atomic mass is 10.1. The molecule has 5 heteroatoms. The first kappa shape index (κ1) is 12.2. The van der Waals surface area contributed by atoms with Gasteiger partial charge in [0, 0.05) is 22.2 Å². The van der Waals surface area contributed by atoms with Gasteiger partial charge in [0.25, 0.3) is 0 Å². The third-order valence-electron chi connectivity index (χ3n) is 3.26. The number of hydrogen-bond acceptors (Lipinski definition) is 3. The van der Waals surface area contributed by atoms with Gasteiger partial charge in [-0.25, -0.2) is 4.79 Å². The van der Waals surface area contributed by atoms with Crippen molar-refractivity contribution in [2.45, 2.75) is 6.92 Å². The second kappa shape index (κ2) is 4.38. The van der Waals surface area contributed by atoms with Crippen LogP contribution in [0.3, 0.4) is 0 Å². The topological polar surface area (TPSA) is 86.2 Å². The zero-order valence-electron chi connectivity index (χ0n) is 10.7. The molecule has 0 aliphatic rings. The number of pyridine rings is 1. The van der Waals surface area contributed by atoms with E-state index in [4.69, 9.17) is 5.11 Å². The van der Waals surface area contributed by atoms with Crippen LogP contribution in [0.5, 0.6) is 5.75 Å². The molecular weight excluding hydrogens is 256 g/mol. The summed E-state index contributed by atoms with van der Waals surface area (Å²) in [5.41, 5.74) is 3.09. The quantitative estimate of drug-likeness (QED) is 0.667. The summed E-state index contributed by atoms with van der Waals surface area (Å²) >= 11 is 0. The highest BCUT2D eigenvalue weighted by Crippen LogP contribution is 2.32. The van der Waals surface area contributed by atoms with Crippen LogP contribution >= 0.6 is 0 Å². The number of H-pyrrole nitrogens is 1. The fourth-order valence-electron chi connectivity index (χ4n) is 2.36. The number of aromatic nitrogens is 2. The van der Waals surface area contributed by atoms with Crippen LogP contribution in [-0.2, 0) is 0 Å². The van der Waals surface area contributed by atoms with Crippen molar-refractivity contribution in [2.75, 3.05) is 0 Å². The Morgan fingerprint density at radius 2 is 2.05 bits per heavy atom. The van der Waals surface area contributed by atoms with Gasteiger partial charge in [-0.15, -0.1) is 0 Å². The Hall–Kier alpha value is -2.82. The molecular formula is C15H12N2O3. The van der Waals surface area contributed by atoms with Gasteiger partial charge in [0.2, 0.25) is 0 Å². The molecule has 0 amide bonds. The number of aromatic carboxylic acids is 1. The van der Waals surface area contributed by atoms with E-state index in [1.54, 1.807) is 0 Å². The summed E-state index contributed by atoms with van der Waals surface area (Å²) in [5, 5.41) is 19.6. The Morgan fingerprint density at radius 1 is 1.30 bits per heavy atom. The number of carboxylic acids is 1. The molecule has 0 aliphatic heterocycles. The van der Waals surface area contributed by atoms with Crippen molar-refractivity contribution in [1.82, 2.24) is 9.97 Å². The molecule has 0 saturated carbocycles. The van der Waals surface area contributed by atoms with Crippen LogP contribution in [0, 0.1) is 6.92 Å². The normalized spacial score (nSPS) is 10.8. The van der Waals surface area contributed by atoms with Crippen LogP contribution in [0.25, 0.3) is 22.2 Å². The second-order valence-electron chi connectivity index (χ2n) is 4.56. The van der Waals surface area contributed by atoms with Crippen LogP contribution in [0.4, 0.5) is 0 Å². The minimum Gasteiger partial charge on any atom is -0.505 e. The zero-order chi connectivity index (χ0) is 14.3. The third-order valence-corrected chi connectivity index (χ3v) is 3.26. The van der Waals surface area contributed by atoms with E-state index in [0.717, 1.165) is 22.2 Å². The summed E-state index contributed by atoms with van der Waals surface area (Å²) in [4.78, 5) is 18.5. The number of aromatic amines is 1. The van der Waals surface area contributed by atoms with Gasteiger partial charge in [0.1, 0.15) is 11.3 Å². The van der Waals surface area contributed by atoms with Crippen LogP contribution in [0.1, 0.15) is 16.1 Å². The highest BCUT2D eigenvalue weighted by molar-refractivity contribution is 5.98. The lowest BCUT2D eigenvalue weighted by Gasteiger charge is -2.04. The van der Waals surface area contributed by atoms with E-state index in [2.05, 4.69) is 9.97 Å². The molecule has 0 aliphatic carbocycles. The third kappa shape index (κ3) is 1.80. The second-order valence-corrected chi connectivity index (χ2v) is 4.56. The van der Waals surface area contributed by atoms with Crippen molar-refractivity contribution in [3.63, 3.8) is 0 Å². The maximum Gasteiger partial charge on any atom is 0.339 e. The van der Waals surface area contributed by atoms with Crippen LogP contribution in [0.15, 0.2) is 36.5 Å². The predicted molar refractivity (Wildman–Crippen MR) is 74.9 cm³/mol. The molecule has 3 N–H and O–H groups in total. The largest absolute Gasteiger partial charge is 0.505 e. The van der Waals surface area contributed by atoms with Crippen molar-refractivity contribution < 1.29 is 15.0 Å². The molecule has 2 aromatic heterocycles. The molecule has 2 heterocycles. The van der Waals surface area contributed by atoms with E-state index in [1.165, 1.54) is 12.3 Å². The number of aromatic hydroxyl groups is 1. The Bertz CT molecular complexity index is 821. The highest BCUT2D eigenvalue weighted by atomic mass is 16.4. The van der Waals surface area contributed by atoms with Crippen LogP contribution < -0.4 is 0 Å². The summed E-state index contributed by atoms with van der Waals surface area (Å²) in [6, 6.07) is 9.13. The number of carboxylic acid groups (broad SMARTS) is 1. The van der Waals surface area contributed by atoms with E-state index >= 15 is 0 Å². The number of benzene rings is 1. The maximum absolute atomic E-state index is 11.1. The highest BCUT2D eigenvalue weighted by Gasteiger charge is 2.16. The van der Waals surface area contributed by atoms with Gasteiger partial charge in [-0.05, 0) is 19.1 Å². The van der Waals surface area contributed by atoms with E-state index in [0.29, 0.717) is 5.69 Å². The molecule has 20 heavy (non-hydrogen) atoms. The molecule has 0 fully saturated rings. The monoisotopic (exact) mass is 268 g/mol. The summed E-state index contributed by atoms with van der Waals surface area (Å²) in [7, 11) is 0. The zero-order valence-corrected chi connectivity index (χ0v) is 10.7. The molecule has 0 radical (unpaired) electrons. The fourth-order valence-corrected chi connectivity index (χ4v) is 2.36. The number of nitrogens with one attached hydrogen (secondary N) is 1. The number of rotatable bonds is 2. The first-order chi connectivity index (χ1) is 9.58. The van der Waals surface area contributed by atoms with Crippen LogP contribution in [0.2, 0.25) is 0 Å². The smallest absolute Gasteiger partial charge is 0.339 e. The van der Waals surface area contributed by atoms with E-state index in [1.807, 2.05) is 31.2 Å². The van der Waals surface area contributed by atoms with Gasteiger partial charge >= 0.3 is 5.97 Å². The van der Waals surface area contributed by atoms with Gasteiger partial charge in [-0.3, -0.25) is 4.98 Å². The lowest BCUT2D eigenvalue weighted by Crippen LogP contribution is -1.98.